The zero-order valence-corrected chi connectivity index (χ0v) is 16.7. The van der Waals surface area contributed by atoms with Gasteiger partial charge in [0.05, 0.1) is 12.6 Å². The number of aliphatic carboxylic acids is 2. The van der Waals surface area contributed by atoms with Gasteiger partial charge < -0.3 is 31.9 Å². The third kappa shape index (κ3) is 10.7. The molecule has 28 heavy (non-hydrogen) atoms. The molecule has 0 bridgehead atoms. The number of thiol groups is 1. The van der Waals surface area contributed by atoms with Gasteiger partial charge in [0.25, 0.3) is 0 Å². The van der Waals surface area contributed by atoms with E-state index in [0.717, 1.165) is 0 Å². The zero-order chi connectivity index (χ0) is 21.9. The van der Waals surface area contributed by atoms with Gasteiger partial charge in [-0.15, -0.1) is 0 Å². The van der Waals surface area contributed by atoms with E-state index in [0.29, 0.717) is 0 Å². The highest BCUT2D eigenvalue weighted by atomic mass is 32.1. The molecule has 0 aromatic heterocycles. The third-order valence-electron chi connectivity index (χ3n) is 3.58. The largest absolute Gasteiger partial charge is 0.481 e. The molecule has 11 nitrogen and oxygen atoms in total. The monoisotopic (exact) mass is 420 g/mol. The van der Waals surface area contributed by atoms with E-state index in [2.05, 4.69) is 28.6 Å². The Bertz CT molecular complexity index is 585. The Kier molecular flexibility index (Phi) is 11.9. The van der Waals surface area contributed by atoms with Crippen molar-refractivity contribution >= 4 is 42.3 Å². The molecule has 160 valence electrons. The van der Waals surface area contributed by atoms with E-state index in [1.807, 2.05) is 0 Å². The number of rotatable bonds is 13. The standard InChI is InChI=1S/C16H28N4O7S/c1-8(2)5-11(16(26)27)20-15(25)10(3-4-13(22)23)19-12(21)6-18-14(24)9(17)7-28/h8-11,28H,3-7,17H2,1-2H3,(H,18,24)(H,19,21)(H,20,25)(H,22,23)(H,26,27). The Morgan fingerprint density at radius 1 is 1.00 bits per heavy atom. The highest BCUT2D eigenvalue weighted by molar-refractivity contribution is 7.80. The lowest BCUT2D eigenvalue weighted by Crippen LogP contribution is -2.54. The van der Waals surface area contributed by atoms with E-state index in [1.165, 1.54) is 0 Å². The Balaban J connectivity index is 4.97. The van der Waals surface area contributed by atoms with Crippen molar-refractivity contribution in [3.8, 4) is 0 Å². The Morgan fingerprint density at radius 3 is 2.07 bits per heavy atom. The summed E-state index contributed by atoms with van der Waals surface area (Å²) in [5.74, 6) is -4.54. The lowest BCUT2D eigenvalue weighted by Gasteiger charge is -2.22. The van der Waals surface area contributed by atoms with Crippen molar-refractivity contribution in [3.05, 3.63) is 0 Å². The molecule has 7 N–H and O–H groups in total. The van der Waals surface area contributed by atoms with Gasteiger partial charge in [-0.1, -0.05) is 13.8 Å². The summed E-state index contributed by atoms with van der Waals surface area (Å²) >= 11 is 3.86. The molecule has 3 unspecified atom stereocenters. The summed E-state index contributed by atoms with van der Waals surface area (Å²) in [5, 5.41) is 24.9. The Hall–Kier alpha value is -2.34. The van der Waals surface area contributed by atoms with Crippen LogP contribution in [0.25, 0.3) is 0 Å². The van der Waals surface area contributed by atoms with Crippen LogP contribution in [0.5, 0.6) is 0 Å². The molecule has 3 atom stereocenters. The van der Waals surface area contributed by atoms with E-state index in [1.54, 1.807) is 13.8 Å². The van der Waals surface area contributed by atoms with Gasteiger partial charge in [0.15, 0.2) is 0 Å². The van der Waals surface area contributed by atoms with E-state index < -0.39 is 60.8 Å². The van der Waals surface area contributed by atoms with E-state index in [-0.39, 0.29) is 24.5 Å². The van der Waals surface area contributed by atoms with Crippen molar-refractivity contribution in [1.82, 2.24) is 16.0 Å². The van der Waals surface area contributed by atoms with Crippen LogP contribution in [0.2, 0.25) is 0 Å². The molecule has 0 aliphatic carbocycles. The Morgan fingerprint density at radius 2 is 1.61 bits per heavy atom. The molecule has 0 fully saturated rings. The first-order valence-electron chi connectivity index (χ1n) is 8.66. The van der Waals surface area contributed by atoms with Crippen LogP contribution in [0.4, 0.5) is 0 Å². The van der Waals surface area contributed by atoms with E-state index in [4.69, 9.17) is 10.8 Å². The number of nitrogens with one attached hydrogen (secondary N) is 3. The second kappa shape index (κ2) is 12.9. The number of hydrogen-bond acceptors (Lipinski definition) is 7. The van der Waals surface area contributed by atoms with Crippen LogP contribution in [0.1, 0.15) is 33.1 Å². The predicted octanol–water partition coefficient (Wildman–Crippen LogP) is -1.68. The number of amides is 3. The average molecular weight is 420 g/mol. The van der Waals surface area contributed by atoms with Crippen molar-refractivity contribution in [2.45, 2.75) is 51.2 Å². The minimum absolute atomic E-state index is 0.0142. The lowest BCUT2D eigenvalue weighted by molar-refractivity contribution is -0.143. The molecular weight excluding hydrogens is 392 g/mol. The fraction of sp³-hybridized carbons (Fsp3) is 0.688. The number of hydrogen-bond donors (Lipinski definition) is 7. The molecule has 0 aromatic rings. The normalized spacial score (nSPS) is 13.9. The summed E-state index contributed by atoms with van der Waals surface area (Å²) in [6.07, 6.45) is -0.499. The van der Waals surface area contributed by atoms with Gasteiger partial charge in [-0.25, -0.2) is 4.79 Å². The predicted molar refractivity (Wildman–Crippen MR) is 103 cm³/mol. The number of carbonyl (C=O) groups is 5. The molecule has 0 aliphatic heterocycles. The van der Waals surface area contributed by atoms with Crippen LogP contribution >= 0.6 is 12.6 Å². The maximum absolute atomic E-state index is 12.4. The fourth-order valence-corrected chi connectivity index (χ4v) is 2.29. The minimum Gasteiger partial charge on any atom is -0.481 e. The lowest BCUT2D eigenvalue weighted by atomic mass is 10.0. The summed E-state index contributed by atoms with van der Waals surface area (Å²) in [5.41, 5.74) is 5.45. The maximum atomic E-state index is 12.4. The molecule has 12 heteroatoms. The second-order valence-corrected chi connectivity index (χ2v) is 6.95. The van der Waals surface area contributed by atoms with Crippen LogP contribution in [0, 0.1) is 5.92 Å². The molecule has 0 spiro atoms. The first-order valence-corrected chi connectivity index (χ1v) is 9.29. The average Bonchev–Trinajstić information content (AvgIpc) is 2.60. The van der Waals surface area contributed by atoms with Gasteiger partial charge in [0, 0.05) is 12.2 Å². The molecule has 0 rings (SSSR count). The molecule has 0 heterocycles. The summed E-state index contributed by atoms with van der Waals surface area (Å²) in [7, 11) is 0. The molecule has 0 aromatic carbocycles. The fourth-order valence-electron chi connectivity index (χ4n) is 2.13. The van der Waals surface area contributed by atoms with Crippen LogP contribution < -0.4 is 21.7 Å². The number of nitrogens with two attached hydrogens (primary N) is 1. The van der Waals surface area contributed by atoms with Crippen LogP contribution in [0.15, 0.2) is 0 Å². The van der Waals surface area contributed by atoms with Gasteiger partial charge in [0.2, 0.25) is 17.7 Å². The molecule has 0 radical (unpaired) electrons. The van der Waals surface area contributed by atoms with Crippen molar-refractivity contribution in [1.29, 1.82) is 0 Å². The van der Waals surface area contributed by atoms with Gasteiger partial charge >= 0.3 is 11.9 Å². The van der Waals surface area contributed by atoms with Crippen LogP contribution in [-0.4, -0.2) is 70.3 Å². The van der Waals surface area contributed by atoms with Crippen LogP contribution in [0.3, 0.4) is 0 Å². The summed E-state index contributed by atoms with van der Waals surface area (Å²) in [4.78, 5) is 58.0. The molecule has 3 amide bonds. The van der Waals surface area contributed by atoms with Crippen molar-refractivity contribution in [2.75, 3.05) is 12.3 Å². The first kappa shape index (κ1) is 25.7. The zero-order valence-electron chi connectivity index (χ0n) is 15.8. The van der Waals surface area contributed by atoms with Gasteiger partial charge in [0.1, 0.15) is 12.1 Å². The molecule has 0 saturated heterocycles. The van der Waals surface area contributed by atoms with Gasteiger partial charge in [-0.2, -0.15) is 12.6 Å². The summed E-state index contributed by atoms with van der Waals surface area (Å²) < 4.78 is 0. The topological polar surface area (TPSA) is 188 Å². The second-order valence-electron chi connectivity index (χ2n) is 6.59. The smallest absolute Gasteiger partial charge is 0.326 e. The van der Waals surface area contributed by atoms with Gasteiger partial charge in [-0.05, 0) is 18.8 Å². The SMILES string of the molecule is CC(C)CC(NC(=O)C(CCC(=O)O)NC(=O)CNC(=O)C(N)CS)C(=O)O. The molecular formula is C16H28N4O7S. The highest BCUT2D eigenvalue weighted by Gasteiger charge is 2.27. The third-order valence-corrected chi connectivity index (χ3v) is 3.97. The van der Waals surface area contributed by atoms with E-state index in [9.17, 15) is 29.1 Å². The molecule has 0 aliphatic rings. The van der Waals surface area contributed by atoms with Crippen molar-refractivity contribution < 1.29 is 34.2 Å². The van der Waals surface area contributed by atoms with E-state index >= 15 is 0 Å². The first-order chi connectivity index (χ1) is 13.0. The molecule has 0 saturated carbocycles. The van der Waals surface area contributed by atoms with Crippen molar-refractivity contribution in [3.63, 3.8) is 0 Å². The van der Waals surface area contributed by atoms with Crippen LogP contribution in [-0.2, 0) is 24.0 Å². The minimum atomic E-state index is -1.27. The van der Waals surface area contributed by atoms with Crippen molar-refractivity contribution in [2.24, 2.45) is 11.7 Å². The number of carboxylic acid groups (broad SMARTS) is 2. The maximum Gasteiger partial charge on any atom is 0.326 e. The summed E-state index contributed by atoms with van der Waals surface area (Å²) in [6.45, 7) is 3.08. The number of carbonyl (C=O) groups excluding carboxylic acids is 3. The summed E-state index contributed by atoms with van der Waals surface area (Å²) in [6, 6.07) is -3.35. The highest BCUT2D eigenvalue weighted by Crippen LogP contribution is 2.06. The number of carboxylic acids is 2. The quantitative estimate of drug-likeness (QED) is 0.172. The Labute approximate surface area is 168 Å². The van der Waals surface area contributed by atoms with Gasteiger partial charge in [-0.3, -0.25) is 19.2 Å².